The first-order chi connectivity index (χ1) is 4.97. The van der Waals surface area contributed by atoms with Crippen molar-refractivity contribution in [2.75, 3.05) is 0 Å². The zero-order valence-corrected chi connectivity index (χ0v) is 8.69. The molecule has 0 radical (unpaired) electrons. The van der Waals surface area contributed by atoms with E-state index in [-0.39, 0.29) is 6.16 Å². The molecular formula is C5H6BrO3PS. The van der Waals surface area contributed by atoms with Gasteiger partial charge in [-0.1, -0.05) is 0 Å². The Kier molecular flexibility index (Phi) is 2.89. The van der Waals surface area contributed by atoms with Gasteiger partial charge >= 0.3 is 7.60 Å². The van der Waals surface area contributed by atoms with Gasteiger partial charge in [0.15, 0.2) is 0 Å². The lowest BCUT2D eigenvalue weighted by molar-refractivity contribution is 0.372. The normalized spacial score (nSPS) is 11.9. The van der Waals surface area contributed by atoms with Crippen LogP contribution in [0.25, 0.3) is 0 Å². The Morgan fingerprint density at radius 3 is 2.55 bits per heavy atom. The highest BCUT2D eigenvalue weighted by Gasteiger charge is 2.14. The molecule has 11 heavy (non-hydrogen) atoms. The van der Waals surface area contributed by atoms with Gasteiger partial charge in [0, 0.05) is 4.88 Å². The molecule has 62 valence electrons. The summed E-state index contributed by atoms with van der Waals surface area (Å²) in [6, 6.07) is 3.48. The predicted octanol–water partition coefficient (Wildman–Crippen LogP) is 2.19. The lowest BCUT2D eigenvalue weighted by Crippen LogP contribution is -1.80. The highest BCUT2D eigenvalue weighted by atomic mass is 79.9. The summed E-state index contributed by atoms with van der Waals surface area (Å²) in [5, 5.41) is 0. The maximum Gasteiger partial charge on any atom is 0.330 e. The largest absolute Gasteiger partial charge is 0.330 e. The van der Waals surface area contributed by atoms with Crippen molar-refractivity contribution in [3.63, 3.8) is 0 Å². The van der Waals surface area contributed by atoms with Gasteiger partial charge in [-0.3, -0.25) is 4.57 Å². The number of hydrogen-bond donors (Lipinski definition) is 2. The molecule has 1 aromatic rings. The molecule has 0 fully saturated rings. The molecular weight excluding hydrogens is 251 g/mol. The van der Waals surface area contributed by atoms with Gasteiger partial charge in [-0.2, -0.15) is 0 Å². The number of hydrogen-bond acceptors (Lipinski definition) is 2. The van der Waals surface area contributed by atoms with E-state index in [2.05, 4.69) is 15.9 Å². The van der Waals surface area contributed by atoms with Crippen molar-refractivity contribution in [3.05, 3.63) is 20.8 Å². The SMILES string of the molecule is O=P(O)(O)Cc1ccc(Br)s1. The second kappa shape index (κ2) is 3.37. The van der Waals surface area contributed by atoms with Crippen molar-refractivity contribution in [1.82, 2.24) is 0 Å². The van der Waals surface area contributed by atoms with E-state index in [0.717, 1.165) is 3.79 Å². The number of rotatable bonds is 2. The third kappa shape index (κ3) is 3.49. The molecule has 3 nitrogen and oxygen atoms in total. The molecule has 0 spiro atoms. The Morgan fingerprint density at radius 1 is 1.55 bits per heavy atom. The number of thiophene rings is 1. The van der Waals surface area contributed by atoms with E-state index in [1.54, 1.807) is 12.1 Å². The first kappa shape index (κ1) is 9.42. The molecule has 0 unspecified atom stereocenters. The van der Waals surface area contributed by atoms with Crippen LogP contribution in [0, 0.1) is 0 Å². The van der Waals surface area contributed by atoms with Crippen LogP contribution < -0.4 is 0 Å². The second-order valence-corrected chi connectivity index (χ2v) is 6.22. The van der Waals surface area contributed by atoms with Crippen molar-refractivity contribution in [2.45, 2.75) is 6.16 Å². The summed E-state index contributed by atoms with van der Waals surface area (Å²) in [4.78, 5) is 17.9. The van der Waals surface area contributed by atoms with Crippen molar-refractivity contribution < 1.29 is 14.4 Å². The summed E-state index contributed by atoms with van der Waals surface area (Å²) in [5.41, 5.74) is 0. The van der Waals surface area contributed by atoms with Crippen molar-refractivity contribution >= 4 is 34.9 Å². The molecule has 1 aromatic heterocycles. The van der Waals surface area contributed by atoms with Gasteiger partial charge in [0.2, 0.25) is 0 Å². The van der Waals surface area contributed by atoms with Gasteiger partial charge in [-0.15, -0.1) is 11.3 Å². The van der Waals surface area contributed by atoms with Gasteiger partial charge < -0.3 is 9.79 Å². The quantitative estimate of drug-likeness (QED) is 0.798. The summed E-state index contributed by atoms with van der Waals surface area (Å²) in [7, 11) is -3.88. The molecule has 6 heteroatoms. The summed E-state index contributed by atoms with van der Waals surface area (Å²) in [5.74, 6) is 0. The van der Waals surface area contributed by atoms with E-state index in [1.807, 2.05) is 0 Å². The summed E-state index contributed by atoms with van der Waals surface area (Å²) in [6.45, 7) is 0. The summed E-state index contributed by atoms with van der Waals surface area (Å²) >= 11 is 4.54. The minimum Gasteiger partial charge on any atom is -0.324 e. The second-order valence-electron chi connectivity index (χ2n) is 2.03. The molecule has 0 amide bonds. The minimum atomic E-state index is -3.88. The maximum atomic E-state index is 10.5. The van der Waals surface area contributed by atoms with Gasteiger partial charge in [-0.25, -0.2) is 0 Å². The van der Waals surface area contributed by atoms with Gasteiger partial charge in [0.05, 0.1) is 9.95 Å². The minimum absolute atomic E-state index is 0.163. The zero-order chi connectivity index (χ0) is 8.48. The fourth-order valence-corrected chi connectivity index (χ4v) is 3.19. The average Bonchev–Trinajstić information content (AvgIpc) is 2.10. The first-order valence-electron chi connectivity index (χ1n) is 2.76. The van der Waals surface area contributed by atoms with Crippen molar-refractivity contribution in [1.29, 1.82) is 0 Å². The monoisotopic (exact) mass is 256 g/mol. The van der Waals surface area contributed by atoms with Crippen LogP contribution in [0.1, 0.15) is 4.88 Å². The van der Waals surface area contributed by atoms with Gasteiger partial charge in [0.25, 0.3) is 0 Å². The molecule has 1 heterocycles. The zero-order valence-electron chi connectivity index (χ0n) is 5.40. The molecule has 0 aliphatic rings. The standard InChI is InChI=1S/C5H6BrO3PS/c6-5-2-1-4(11-5)3-10(7,8)9/h1-2H,3H2,(H2,7,8,9). The molecule has 2 N–H and O–H groups in total. The Labute approximate surface area is 76.4 Å². The highest BCUT2D eigenvalue weighted by Crippen LogP contribution is 2.41. The van der Waals surface area contributed by atoms with Crippen molar-refractivity contribution in [2.24, 2.45) is 0 Å². The molecule has 0 saturated heterocycles. The van der Waals surface area contributed by atoms with E-state index in [4.69, 9.17) is 9.79 Å². The predicted molar refractivity (Wildman–Crippen MR) is 47.8 cm³/mol. The smallest absolute Gasteiger partial charge is 0.324 e. The van der Waals surface area contributed by atoms with Crippen molar-refractivity contribution in [3.8, 4) is 0 Å². The maximum absolute atomic E-state index is 10.5. The van der Waals surface area contributed by atoms with Crippen LogP contribution in [0.4, 0.5) is 0 Å². The van der Waals surface area contributed by atoms with E-state index < -0.39 is 7.60 Å². The molecule has 0 aliphatic carbocycles. The molecule has 0 saturated carbocycles. The summed E-state index contributed by atoms with van der Waals surface area (Å²) in [6.07, 6.45) is -0.163. The Balaban J connectivity index is 2.73. The third-order valence-electron chi connectivity index (χ3n) is 0.991. The van der Waals surface area contributed by atoms with E-state index in [1.165, 1.54) is 11.3 Å². The van der Waals surface area contributed by atoms with E-state index >= 15 is 0 Å². The van der Waals surface area contributed by atoms with Gasteiger partial charge in [-0.05, 0) is 28.1 Å². The fourth-order valence-electron chi connectivity index (χ4n) is 0.640. The topological polar surface area (TPSA) is 57.5 Å². The molecule has 0 aromatic carbocycles. The third-order valence-corrected chi connectivity index (χ3v) is 3.58. The van der Waals surface area contributed by atoms with E-state index in [0.29, 0.717) is 4.88 Å². The summed E-state index contributed by atoms with van der Waals surface area (Å²) < 4.78 is 11.4. The van der Waals surface area contributed by atoms with Crippen LogP contribution in [0.2, 0.25) is 0 Å². The van der Waals surface area contributed by atoms with Crippen LogP contribution in [0.15, 0.2) is 15.9 Å². The Hall–Kier alpha value is 0.330. The molecule has 0 bridgehead atoms. The Morgan fingerprint density at radius 2 is 2.18 bits per heavy atom. The highest BCUT2D eigenvalue weighted by molar-refractivity contribution is 9.11. The van der Waals surface area contributed by atoms with Crippen LogP contribution in [0.3, 0.4) is 0 Å². The van der Waals surface area contributed by atoms with Gasteiger partial charge in [0.1, 0.15) is 0 Å². The molecule has 1 rings (SSSR count). The van der Waals surface area contributed by atoms with Crippen LogP contribution >= 0.6 is 34.9 Å². The van der Waals surface area contributed by atoms with E-state index in [9.17, 15) is 4.57 Å². The van der Waals surface area contributed by atoms with Crippen LogP contribution in [0.5, 0.6) is 0 Å². The Bertz CT molecular complexity index is 292. The lowest BCUT2D eigenvalue weighted by atomic mass is 10.5. The van der Waals surface area contributed by atoms with Crippen LogP contribution in [-0.4, -0.2) is 9.79 Å². The molecule has 0 aliphatic heterocycles. The fraction of sp³-hybridized carbons (Fsp3) is 0.200. The average molecular weight is 257 g/mol. The molecule has 0 atom stereocenters. The lowest BCUT2D eigenvalue weighted by Gasteiger charge is -1.98. The first-order valence-corrected chi connectivity index (χ1v) is 6.17. The number of halogens is 1. The van der Waals surface area contributed by atoms with Crippen LogP contribution in [-0.2, 0) is 10.7 Å².